The molecule has 0 heterocycles. The number of fused-ring (bicyclic) bond motifs is 1. The van der Waals surface area contributed by atoms with Crippen molar-refractivity contribution in [3.05, 3.63) is 35.4 Å². The Kier molecular flexibility index (Phi) is 1.84. The molecular weight excluding hydrogens is 176 g/mol. The van der Waals surface area contributed by atoms with Gasteiger partial charge in [-0.25, -0.2) is 0 Å². The smallest absolute Gasteiger partial charge is 0.123 e. The van der Waals surface area contributed by atoms with Gasteiger partial charge in [-0.15, -0.1) is 0 Å². The molecule has 72 valence electrons. The molecule has 2 aromatic carbocycles. The van der Waals surface area contributed by atoms with Crippen LogP contribution in [0.5, 0.6) is 11.5 Å². The van der Waals surface area contributed by atoms with Gasteiger partial charge in [-0.1, -0.05) is 12.1 Å². The normalized spacial score (nSPS) is 10.7. The summed E-state index contributed by atoms with van der Waals surface area (Å²) in [7, 11) is 0. The quantitative estimate of drug-likeness (QED) is 0.667. The van der Waals surface area contributed by atoms with Gasteiger partial charge in [0.05, 0.1) is 0 Å². The lowest BCUT2D eigenvalue weighted by Crippen LogP contribution is -1.85. The highest BCUT2D eigenvalue weighted by atomic mass is 16.3. The average Bonchev–Trinajstić information content (AvgIpc) is 2.14. The Morgan fingerprint density at radius 2 is 1.71 bits per heavy atom. The number of aromatic hydroxyl groups is 2. The highest BCUT2D eigenvalue weighted by Gasteiger charge is 2.08. The fourth-order valence-electron chi connectivity index (χ4n) is 1.74. The summed E-state index contributed by atoms with van der Waals surface area (Å²) in [5.74, 6) is 0.443. The van der Waals surface area contributed by atoms with Gasteiger partial charge < -0.3 is 10.2 Å². The predicted molar refractivity (Wildman–Crippen MR) is 56.8 cm³/mol. The molecule has 0 bridgehead atoms. The number of rotatable bonds is 0. The van der Waals surface area contributed by atoms with Crippen LogP contribution in [0, 0.1) is 13.8 Å². The van der Waals surface area contributed by atoms with E-state index < -0.39 is 0 Å². The van der Waals surface area contributed by atoms with Crippen LogP contribution in [0.2, 0.25) is 0 Å². The average molecular weight is 188 g/mol. The van der Waals surface area contributed by atoms with Crippen molar-refractivity contribution in [2.45, 2.75) is 13.8 Å². The summed E-state index contributed by atoms with van der Waals surface area (Å²) in [6, 6.07) is 6.88. The van der Waals surface area contributed by atoms with Crippen LogP contribution in [0.4, 0.5) is 0 Å². The van der Waals surface area contributed by atoms with Crippen LogP contribution in [0.3, 0.4) is 0 Å². The molecule has 2 nitrogen and oxygen atoms in total. The van der Waals surface area contributed by atoms with Crippen molar-refractivity contribution in [2.24, 2.45) is 0 Å². The molecule has 0 aromatic heterocycles. The van der Waals surface area contributed by atoms with Gasteiger partial charge >= 0.3 is 0 Å². The third kappa shape index (κ3) is 1.11. The third-order valence-electron chi connectivity index (χ3n) is 2.64. The standard InChI is InChI=1S/C12H12O2/c1-7-6-11(14)9-4-3-5-10(13)12(9)8(7)2/h3-6,13-14H,1-2H3. The van der Waals surface area contributed by atoms with Gasteiger partial charge in [-0.05, 0) is 37.1 Å². The Morgan fingerprint density at radius 1 is 1.00 bits per heavy atom. The van der Waals surface area contributed by atoms with Crippen molar-refractivity contribution >= 4 is 10.8 Å². The van der Waals surface area contributed by atoms with Crippen molar-refractivity contribution in [2.75, 3.05) is 0 Å². The van der Waals surface area contributed by atoms with Crippen LogP contribution >= 0.6 is 0 Å². The highest BCUT2D eigenvalue weighted by molar-refractivity contribution is 5.95. The fourth-order valence-corrected chi connectivity index (χ4v) is 1.74. The van der Waals surface area contributed by atoms with Crippen LogP contribution in [-0.2, 0) is 0 Å². The number of aryl methyl sites for hydroxylation is 2. The van der Waals surface area contributed by atoms with E-state index in [1.165, 1.54) is 0 Å². The first-order valence-electron chi connectivity index (χ1n) is 4.52. The monoisotopic (exact) mass is 188 g/mol. The molecule has 2 heteroatoms. The zero-order valence-electron chi connectivity index (χ0n) is 8.20. The van der Waals surface area contributed by atoms with E-state index in [1.807, 2.05) is 13.8 Å². The lowest BCUT2D eigenvalue weighted by Gasteiger charge is -2.09. The lowest BCUT2D eigenvalue weighted by atomic mass is 9.99. The summed E-state index contributed by atoms with van der Waals surface area (Å²) in [5.41, 5.74) is 1.99. The van der Waals surface area contributed by atoms with Gasteiger partial charge in [0, 0.05) is 10.8 Å². The first-order chi connectivity index (χ1) is 6.61. The van der Waals surface area contributed by atoms with Crippen molar-refractivity contribution < 1.29 is 10.2 Å². The Labute approximate surface area is 82.4 Å². The Hall–Kier alpha value is -1.70. The molecule has 0 saturated heterocycles. The van der Waals surface area contributed by atoms with Crippen molar-refractivity contribution in [3.63, 3.8) is 0 Å². The Balaban J connectivity index is 3.03. The second-order valence-electron chi connectivity index (χ2n) is 3.54. The number of phenolic OH excluding ortho intramolecular Hbond substituents is 2. The molecule has 0 fully saturated rings. The number of phenols is 2. The van der Waals surface area contributed by atoms with E-state index in [1.54, 1.807) is 24.3 Å². The second kappa shape index (κ2) is 2.91. The van der Waals surface area contributed by atoms with E-state index in [-0.39, 0.29) is 11.5 Å². The molecule has 2 N–H and O–H groups in total. The molecule has 0 spiro atoms. The minimum atomic E-state index is 0.221. The van der Waals surface area contributed by atoms with E-state index in [9.17, 15) is 10.2 Å². The summed E-state index contributed by atoms with van der Waals surface area (Å²) >= 11 is 0. The maximum absolute atomic E-state index is 9.69. The zero-order chi connectivity index (χ0) is 10.3. The first kappa shape index (κ1) is 8.88. The molecule has 0 radical (unpaired) electrons. The minimum Gasteiger partial charge on any atom is -0.507 e. The summed E-state index contributed by atoms with van der Waals surface area (Å²) in [6.07, 6.45) is 0. The van der Waals surface area contributed by atoms with E-state index in [4.69, 9.17) is 0 Å². The number of benzene rings is 2. The first-order valence-corrected chi connectivity index (χ1v) is 4.52. The molecule has 0 aliphatic rings. The van der Waals surface area contributed by atoms with Crippen molar-refractivity contribution in [1.82, 2.24) is 0 Å². The summed E-state index contributed by atoms with van der Waals surface area (Å²) in [5, 5.41) is 20.8. The Bertz CT molecular complexity index is 501. The largest absolute Gasteiger partial charge is 0.507 e. The zero-order valence-corrected chi connectivity index (χ0v) is 8.20. The predicted octanol–water partition coefficient (Wildman–Crippen LogP) is 2.87. The minimum absolute atomic E-state index is 0.221. The van der Waals surface area contributed by atoms with E-state index in [2.05, 4.69) is 0 Å². The maximum Gasteiger partial charge on any atom is 0.123 e. The molecule has 0 aliphatic heterocycles. The van der Waals surface area contributed by atoms with Crippen LogP contribution < -0.4 is 0 Å². The molecule has 14 heavy (non-hydrogen) atoms. The van der Waals surface area contributed by atoms with E-state index in [0.29, 0.717) is 5.39 Å². The second-order valence-corrected chi connectivity index (χ2v) is 3.54. The van der Waals surface area contributed by atoms with E-state index >= 15 is 0 Å². The van der Waals surface area contributed by atoms with Gasteiger partial charge in [-0.3, -0.25) is 0 Å². The molecule has 0 unspecified atom stereocenters. The Morgan fingerprint density at radius 3 is 2.43 bits per heavy atom. The highest BCUT2D eigenvalue weighted by Crippen LogP contribution is 2.35. The molecular formula is C12H12O2. The summed E-state index contributed by atoms with van der Waals surface area (Å²) in [6.45, 7) is 3.86. The van der Waals surface area contributed by atoms with Crippen LogP contribution in [0.1, 0.15) is 11.1 Å². The molecule has 0 saturated carbocycles. The fraction of sp³-hybridized carbons (Fsp3) is 0.167. The van der Waals surface area contributed by atoms with Crippen molar-refractivity contribution in [3.8, 4) is 11.5 Å². The van der Waals surface area contributed by atoms with Gasteiger partial charge in [0.2, 0.25) is 0 Å². The van der Waals surface area contributed by atoms with Gasteiger partial charge in [-0.2, -0.15) is 0 Å². The van der Waals surface area contributed by atoms with E-state index in [0.717, 1.165) is 16.5 Å². The lowest BCUT2D eigenvalue weighted by molar-refractivity contribution is 0.475. The molecule has 2 aromatic rings. The third-order valence-corrected chi connectivity index (χ3v) is 2.64. The molecule has 2 rings (SSSR count). The van der Waals surface area contributed by atoms with Gasteiger partial charge in [0.15, 0.2) is 0 Å². The van der Waals surface area contributed by atoms with Crippen LogP contribution in [-0.4, -0.2) is 10.2 Å². The SMILES string of the molecule is Cc1cc(O)c2cccc(O)c2c1C. The van der Waals surface area contributed by atoms with Crippen LogP contribution in [0.25, 0.3) is 10.8 Å². The van der Waals surface area contributed by atoms with Gasteiger partial charge in [0.1, 0.15) is 11.5 Å². The number of hydrogen-bond acceptors (Lipinski definition) is 2. The topological polar surface area (TPSA) is 40.5 Å². The summed E-state index contributed by atoms with van der Waals surface area (Å²) in [4.78, 5) is 0. The summed E-state index contributed by atoms with van der Waals surface area (Å²) < 4.78 is 0. The van der Waals surface area contributed by atoms with Crippen molar-refractivity contribution in [1.29, 1.82) is 0 Å². The van der Waals surface area contributed by atoms with Crippen LogP contribution in [0.15, 0.2) is 24.3 Å². The number of hydrogen-bond donors (Lipinski definition) is 2. The molecule has 0 aliphatic carbocycles. The molecule has 0 amide bonds. The maximum atomic E-state index is 9.69. The van der Waals surface area contributed by atoms with Gasteiger partial charge in [0.25, 0.3) is 0 Å². The molecule has 0 atom stereocenters.